The number of fused-ring (bicyclic) bond motifs is 1. The molecular weight excluding hydrogens is 524 g/mol. The fraction of sp³-hybridized carbons (Fsp3) is 0.250. The van der Waals surface area contributed by atoms with Crippen molar-refractivity contribution in [3.63, 3.8) is 0 Å². The van der Waals surface area contributed by atoms with Crippen LogP contribution in [-0.2, 0) is 10.0 Å². The minimum atomic E-state index is -4.03. The van der Waals surface area contributed by atoms with Gasteiger partial charge < -0.3 is 9.73 Å². The second-order valence-corrected chi connectivity index (χ2v) is 12.0. The second kappa shape index (κ2) is 10.2. The fourth-order valence-electron chi connectivity index (χ4n) is 4.19. The summed E-state index contributed by atoms with van der Waals surface area (Å²) in [6.45, 7) is 8.83. The number of aryl methyl sites for hydroxylation is 1. The second-order valence-electron chi connectivity index (χ2n) is 10.1. The molecule has 1 unspecified atom stereocenters. The summed E-state index contributed by atoms with van der Waals surface area (Å²) in [7, 11) is -4.03. The van der Waals surface area contributed by atoms with E-state index in [0.29, 0.717) is 16.7 Å². The molecule has 4 aromatic rings. The van der Waals surface area contributed by atoms with Crippen molar-refractivity contribution >= 4 is 38.3 Å². The summed E-state index contributed by atoms with van der Waals surface area (Å²) < 4.78 is 35.2. The van der Waals surface area contributed by atoms with E-state index in [4.69, 9.17) is 16.0 Å². The van der Waals surface area contributed by atoms with Crippen molar-refractivity contribution in [1.29, 1.82) is 5.26 Å². The van der Waals surface area contributed by atoms with E-state index in [9.17, 15) is 18.5 Å². The average Bonchev–Trinajstić information content (AvgIpc) is 2.84. The molecule has 0 saturated heterocycles. The summed E-state index contributed by atoms with van der Waals surface area (Å²) in [6.07, 6.45) is 0. The number of benzene rings is 2. The van der Waals surface area contributed by atoms with Gasteiger partial charge in [-0.05, 0) is 58.4 Å². The highest BCUT2D eigenvalue weighted by Crippen LogP contribution is 2.33. The number of aromatic nitrogens is 1. The molecule has 0 amide bonds. The monoisotopic (exact) mass is 550 g/mol. The lowest BCUT2D eigenvalue weighted by Crippen LogP contribution is -2.41. The molecule has 1 atom stereocenters. The molecule has 0 saturated carbocycles. The third-order valence-corrected chi connectivity index (χ3v) is 7.58. The van der Waals surface area contributed by atoms with Crippen molar-refractivity contribution in [2.75, 3.05) is 5.32 Å². The molecule has 196 valence electrons. The van der Waals surface area contributed by atoms with Gasteiger partial charge in [-0.25, -0.2) is 18.1 Å². The zero-order valence-electron chi connectivity index (χ0n) is 21.6. The van der Waals surface area contributed by atoms with Crippen molar-refractivity contribution in [1.82, 2.24) is 9.71 Å². The molecule has 0 fully saturated rings. The van der Waals surface area contributed by atoms with Gasteiger partial charge in [-0.2, -0.15) is 5.26 Å². The number of pyridine rings is 1. The molecule has 0 spiro atoms. The molecule has 8 nitrogen and oxygen atoms in total. The average molecular weight is 551 g/mol. The van der Waals surface area contributed by atoms with Gasteiger partial charge in [0.2, 0.25) is 5.43 Å². The van der Waals surface area contributed by atoms with Crippen LogP contribution in [0.3, 0.4) is 0 Å². The van der Waals surface area contributed by atoms with Crippen LogP contribution in [0.25, 0.3) is 22.3 Å². The molecule has 4 rings (SSSR count). The predicted molar refractivity (Wildman–Crippen MR) is 149 cm³/mol. The van der Waals surface area contributed by atoms with Gasteiger partial charge in [-0.15, -0.1) is 0 Å². The normalized spacial score (nSPS) is 12.8. The van der Waals surface area contributed by atoms with Gasteiger partial charge in [0.25, 0.3) is 10.0 Å². The Morgan fingerprint density at radius 1 is 1.11 bits per heavy atom. The molecule has 2 aromatic heterocycles. The molecule has 0 radical (unpaired) electrons. The minimum absolute atomic E-state index is 0.0287. The Hall–Kier alpha value is -3.71. The Bertz CT molecular complexity index is 1740. The number of anilines is 1. The van der Waals surface area contributed by atoms with Crippen molar-refractivity contribution in [3.05, 3.63) is 86.7 Å². The Morgan fingerprint density at radius 3 is 2.42 bits per heavy atom. The Balaban J connectivity index is 1.88. The molecule has 0 aliphatic rings. The van der Waals surface area contributed by atoms with Crippen LogP contribution in [0.1, 0.15) is 50.4 Å². The highest BCUT2D eigenvalue weighted by molar-refractivity contribution is 7.89. The molecule has 10 heteroatoms. The van der Waals surface area contributed by atoms with Gasteiger partial charge in [-0.1, -0.05) is 48.0 Å². The topological polar surface area (TPSA) is 125 Å². The molecule has 0 aliphatic heterocycles. The summed E-state index contributed by atoms with van der Waals surface area (Å²) in [4.78, 5) is 17.5. The quantitative estimate of drug-likeness (QED) is 0.285. The summed E-state index contributed by atoms with van der Waals surface area (Å²) in [5.74, 6) is 0.175. The van der Waals surface area contributed by atoms with Gasteiger partial charge >= 0.3 is 0 Å². The first-order valence-corrected chi connectivity index (χ1v) is 13.7. The van der Waals surface area contributed by atoms with E-state index in [0.717, 1.165) is 5.56 Å². The van der Waals surface area contributed by atoms with Crippen molar-refractivity contribution in [2.45, 2.75) is 51.2 Å². The number of sulfonamides is 1. The molecule has 38 heavy (non-hydrogen) atoms. The summed E-state index contributed by atoms with van der Waals surface area (Å²) >= 11 is 6.06. The molecular formula is C28H27ClN4O4S. The largest absolute Gasteiger partial charge is 0.454 e. The van der Waals surface area contributed by atoms with Crippen molar-refractivity contribution in [3.8, 4) is 17.4 Å². The Labute approximate surface area is 226 Å². The van der Waals surface area contributed by atoms with Gasteiger partial charge in [0.05, 0.1) is 17.1 Å². The maximum absolute atomic E-state index is 13.4. The van der Waals surface area contributed by atoms with Crippen LogP contribution in [0.2, 0.25) is 5.15 Å². The standard InChI is InChI=1S/C28H27ClN4O4S/c1-16-13-19(17(2)31-22-11-12-23(29)32-27(22)38(35,36)33-28(3,4)5)26-20(14-16)24(34)21(15-30)25(37-26)18-9-7-6-8-10-18/h6-14,17,31,33H,1-5H3. The van der Waals surface area contributed by atoms with E-state index in [1.165, 1.54) is 6.07 Å². The van der Waals surface area contributed by atoms with E-state index >= 15 is 0 Å². The Kier molecular flexibility index (Phi) is 7.35. The summed E-state index contributed by atoms with van der Waals surface area (Å²) in [6, 6.07) is 17.0. The third-order valence-electron chi connectivity index (χ3n) is 5.67. The minimum Gasteiger partial charge on any atom is -0.454 e. The highest BCUT2D eigenvalue weighted by Gasteiger charge is 2.28. The van der Waals surface area contributed by atoms with E-state index in [-0.39, 0.29) is 32.6 Å². The first kappa shape index (κ1) is 27.3. The lowest BCUT2D eigenvalue weighted by Gasteiger charge is -2.23. The van der Waals surface area contributed by atoms with Gasteiger partial charge in [0.1, 0.15) is 22.4 Å². The summed E-state index contributed by atoms with van der Waals surface area (Å²) in [5, 5.41) is 13.0. The smallest absolute Gasteiger partial charge is 0.260 e. The molecule has 2 aromatic carbocycles. The molecule has 0 aliphatic carbocycles. The van der Waals surface area contributed by atoms with Crippen LogP contribution in [-0.4, -0.2) is 18.9 Å². The van der Waals surface area contributed by atoms with Gasteiger partial charge in [0.15, 0.2) is 10.8 Å². The van der Waals surface area contributed by atoms with Crippen LogP contribution in [0.5, 0.6) is 0 Å². The maximum atomic E-state index is 13.4. The number of nitrogens with zero attached hydrogens (tertiary/aromatic N) is 2. The number of nitriles is 1. The number of halogens is 1. The number of hydrogen-bond donors (Lipinski definition) is 2. The lowest BCUT2D eigenvalue weighted by molar-refractivity contribution is 0.490. The van der Waals surface area contributed by atoms with Crippen LogP contribution >= 0.6 is 11.6 Å². The van der Waals surface area contributed by atoms with Crippen molar-refractivity contribution in [2.24, 2.45) is 0 Å². The number of hydrogen-bond acceptors (Lipinski definition) is 7. The lowest BCUT2D eigenvalue weighted by atomic mass is 9.98. The van der Waals surface area contributed by atoms with Crippen LogP contribution in [0.15, 0.2) is 68.8 Å². The van der Waals surface area contributed by atoms with Crippen molar-refractivity contribution < 1.29 is 12.8 Å². The summed E-state index contributed by atoms with van der Waals surface area (Å²) in [5.41, 5.74) is 1.26. The SMILES string of the molecule is Cc1cc(C(C)Nc2ccc(Cl)nc2S(=O)(=O)NC(C)(C)C)c2oc(-c3ccccc3)c(C#N)c(=O)c2c1. The van der Waals surface area contributed by atoms with Gasteiger partial charge in [-0.3, -0.25) is 4.79 Å². The number of rotatable bonds is 6. The first-order chi connectivity index (χ1) is 17.8. The zero-order valence-corrected chi connectivity index (χ0v) is 23.2. The zero-order chi connectivity index (χ0) is 27.8. The van der Waals surface area contributed by atoms with Crippen LogP contribution < -0.4 is 15.5 Å². The van der Waals surface area contributed by atoms with E-state index in [1.54, 1.807) is 57.2 Å². The molecule has 2 N–H and O–H groups in total. The van der Waals surface area contributed by atoms with Crippen LogP contribution in [0, 0.1) is 18.3 Å². The van der Waals surface area contributed by atoms with Gasteiger partial charge in [0, 0.05) is 16.7 Å². The van der Waals surface area contributed by atoms with Crippen LogP contribution in [0.4, 0.5) is 5.69 Å². The van der Waals surface area contributed by atoms with E-state index < -0.39 is 27.0 Å². The maximum Gasteiger partial charge on any atom is 0.260 e. The van der Waals surface area contributed by atoms with E-state index in [1.807, 2.05) is 32.0 Å². The third kappa shape index (κ3) is 5.58. The predicted octanol–water partition coefficient (Wildman–Crippen LogP) is 5.94. The molecule has 2 heterocycles. The fourth-order valence-corrected chi connectivity index (χ4v) is 5.92. The van der Waals surface area contributed by atoms with E-state index in [2.05, 4.69) is 15.0 Å². The first-order valence-electron chi connectivity index (χ1n) is 11.8. The Morgan fingerprint density at radius 2 is 1.79 bits per heavy atom. The number of nitrogens with one attached hydrogen (secondary N) is 2. The molecule has 0 bridgehead atoms. The highest BCUT2D eigenvalue weighted by atomic mass is 35.5.